The summed E-state index contributed by atoms with van der Waals surface area (Å²) < 4.78 is 47.5. The van der Waals surface area contributed by atoms with Crippen molar-refractivity contribution in [2.24, 2.45) is 0 Å². The fourth-order valence-corrected chi connectivity index (χ4v) is 3.52. The van der Waals surface area contributed by atoms with Gasteiger partial charge in [0.05, 0.1) is 4.90 Å². The van der Waals surface area contributed by atoms with Crippen molar-refractivity contribution in [1.29, 1.82) is 0 Å². The minimum atomic E-state index is -3.82. The van der Waals surface area contributed by atoms with E-state index in [2.05, 4.69) is 19.7 Å². The van der Waals surface area contributed by atoms with Crippen molar-refractivity contribution < 1.29 is 17.5 Å². The maximum Gasteiger partial charge on any atom is 0.261 e. The molecule has 0 saturated heterocycles. The van der Waals surface area contributed by atoms with Crippen molar-refractivity contribution in [3.63, 3.8) is 0 Å². The monoisotopic (exact) mass is 411 g/mol. The van der Waals surface area contributed by atoms with Gasteiger partial charge in [0.1, 0.15) is 30.0 Å². The summed E-state index contributed by atoms with van der Waals surface area (Å²) in [7, 11) is -3.82. The average Bonchev–Trinajstić information content (AvgIpc) is 3.25. The van der Waals surface area contributed by atoms with Crippen LogP contribution in [0.2, 0.25) is 0 Å². The third kappa shape index (κ3) is 4.38. The van der Waals surface area contributed by atoms with Crippen LogP contribution in [0, 0.1) is 5.82 Å². The molecule has 8 nitrogen and oxygen atoms in total. The van der Waals surface area contributed by atoms with Gasteiger partial charge < -0.3 is 4.74 Å². The summed E-state index contributed by atoms with van der Waals surface area (Å²) in [5.74, 6) is 0.871. The van der Waals surface area contributed by atoms with Crippen LogP contribution in [0.25, 0.3) is 5.82 Å². The molecule has 0 saturated carbocycles. The van der Waals surface area contributed by atoms with Crippen LogP contribution in [0.5, 0.6) is 11.6 Å². The number of hydrogen-bond acceptors (Lipinski definition) is 6. The lowest BCUT2D eigenvalue weighted by atomic mass is 10.3. The Balaban J connectivity index is 1.47. The molecule has 10 heteroatoms. The van der Waals surface area contributed by atoms with Gasteiger partial charge in [0, 0.05) is 24.1 Å². The van der Waals surface area contributed by atoms with Gasteiger partial charge in [-0.2, -0.15) is 0 Å². The molecule has 29 heavy (non-hydrogen) atoms. The SMILES string of the molecule is O=S(=O)(Nc1ccc(Oc2cc(-n3ccnc3)ncn2)cc1)c1ccc(F)cc1. The van der Waals surface area contributed by atoms with Gasteiger partial charge in [-0.25, -0.2) is 27.8 Å². The van der Waals surface area contributed by atoms with Crippen molar-refractivity contribution in [3.8, 4) is 17.4 Å². The van der Waals surface area contributed by atoms with Crippen LogP contribution in [0.1, 0.15) is 0 Å². The molecular formula is C19H14FN5O3S. The first kappa shape index (κ1) is 18.6. The minimum absolute atomic E-state index is 0.0350. The van der Waals surface area contributed by atoms with Gasteiger partial charge in [-0.3, -0.25) is 9.29 Å². The number of anilines is 1. The number of hydrogen-bond donors (Lipinski definition) is 1. The fourth-order valence-electron chi connectivity index (χ4n) is 2.46. The molecule has 0 aliphatic heterocycles. The van der Waals surface area contributed by atoms with Crippen LogP contribution in [0.15, 0.2) is 84.5 Å². The molecular weight excluding hydrogens is 397 g/mol. The van der Waals surface area contributed by atoms with Crippen molar-refractivity contribution in [2.75, 3.05) is 4.72 Å². The Labute approximate surface area is 165 Å². The van der Waals surface area contributed by atoms with E-state index in [-0.39, 0.29) is 4.90 Å². The molecule has 4 rings (SSSR count). The van der Waals surface area contributed by atoms with Crippen molar-refractivity contribution in [3.05, 3.63) is 85.5 Å². The summed E-state index contributed by atoms with van der Waals surface area (Å²) in [5.41, 5.74) is 0.337. The van der Waals surface area contributed by atoms with Gasteiger partial charge >= 0.3 is 0 Å². The number of halogens is 1. The second kappa shape index (κ2) is 7.68. The molecule has 0 aliphatic rings. The molecule has 4 aromatic rings. The molecule has 0 amide bonds. The van der Waals surface area contributed by atoms with Crippen LogP contribution in [-0.4, -0.2) is 27.9 Å². The second-order valence-corrected chi connectivity index (χ2v) is 7.55. The van der Waals surface area contributed by atoms with Crippen LogP contribution in [0.4, 0.5) is 10.1 Å². The predicted molar refractivity (Wildman–Crippen MR) is 103 cm³/mol. The summed E-state index contributed by atoms with van der Waals surface area (Å²) >= 11 is 0. The van der Waals surface area contributed by atoms with Crippen LogP contribution < -0.4 is 9.46 Å². The fraction of sp³-hybridized carbons (Fsp3) is 0. The highest BCUT2D eigenvalue weighted by Crippen LogP contribution is 2.24. The molecule has 0 unspecified atom stereocenters. The highest BCUT2D eigenvalue weighted by atomic mass is 32.2. The van der Waals surface area contributed by atoms with Crippen molar-refractivity contribution in [2.45, 2.75) is 4.90 Å². The lowest BCUT2D eigenvalue weighted by Crippen LogP contribution is -2.12. The number of benzene rings is 2. The summed E-state index contributed by atoms with van der Waals surface area (Å²) in [6.07, 6.45) is 6.35. The number of sulfonamides is 1. The molecule has 0 aliphatic carbocycles. The Kier molecular flexibility index (Phi) is 4.92. The summed E-state index contributed by atoms with van der Waals surface area (Å²) in [6.45, 7) is 0. The Bertz CT molecular complexity index is 1210. The van der Waals surface area contributed by atoms with Gasteiger partial charge in [-0.15, -0.1) is 0 Å². The zero-order valence-corrected chi connectivity index (χ0v) is 15.6. The third-order valence-electron chi connectivity index (χ3n) is 3.85. The molecule has 2 heterocycles. The number of nitrogens with one attached hydrogen (secondary N) is 1. The highest BCUT2D eigenvalue weighted by molar-refractivity contribution is 7.92. The van der Waals surface area contributed by atoms with E-state index >= 15 is 0 Å². The van der Waals surface area contributed by atoms with E-state index < -0.39 is 15.8 Å². The Morgan fingerprint density at radius 1 is 1.00 bits per heavy atom. The summed E-state index contributed by atoms with van der Waals surface area (Å²) in [4.78, 5) is 12.1. The van der Waals surface area contributed by atoms with E-state index in [1.807, 2.05) is 0 Å². The first-order valence-corrected chi connectivity index (χ1v) is 9.85. The van der Waals surface area contributed by atoms with E-state index in [9.17, 15) is 12.8 Å². The largest absolute Gasteiger partial charge is 0.439 e. The summed E-state index contributed by atoms with van der Waals surface area (Å²) in [6, 6.07) is 12.5. The van der Waals surface area contributed by atoms with Gasteiger partial charge in [0.25, 0.3) is 10.0 Å². The van der Waals surface area contributed by atoms with Crippen molar-refractivity contribution in [1.82, 2.24) is 19.5 Å². The molecule has 1 N–H and O–H groups in total. The van der Waals surface area contributed by atoms with E-state index in [4.69, 9.17) is 4.74 Å². The molecule has 2 aromatic heterocycles. The number of imidazole rings is 1. The minimum Gasteiger partial charge on any atom is -0.439 e. The molecule has 2 aromatic carbocycles. The number of ether oxygens (including phenoxy) is 1. The zero-order chi connectivity index (χ0) is 20.3. The Morgan fingerprint density at radius 3 is 2.45 bits per heavy atom. The topological polar surface area (TPSA) is 99.0 Å². The first-order valence-electron chi connectivity index (χ1n) is 8.36. The molecule has 0 fully saturated rings. The standard InChI is InChI=1S/C19H14FN5O3S/c20-14-1-7-17(8-2-14)29(26,27)24-15-3-5-16(6-4-15)28-19-11-18(22-12-23-19)25-10-9-21-13-25/h1-13,24H. The smallest absolute Gasteiger partial charge is 0.261 e. The molecule has 0 radical (unpaired) electrons. The predicted octanol–water partition coefficient (Wildman–Crippen LogP) is 3.39. The van der Waals surface area contributed by atoms with Gasteiger partial charge in [-0.1, -0.05) is 0 Å². The Hall–Kier alpha value is -3.79. The third-order valence-corrected chi connectivity index (χ3v) is 5.25. The normalized spacial score (nSPS) is 11.2. The summed E-state index contributed by atoms with van der Waals surface area (Å²) in [5, 5.41) is 0. The van der Waals surface area contributed by atoms with E-state index in [0.717, 1.165) is 12.1 Å². The quantitative estimate of drug-likeness (QED) is 0.522. The van der Waals surface area contributed by atoms with E-state index in [1.54, 1.807) is 53.6 Å². The van der Waals surface area contributed by atoms with E-state index in [0.29, 0.717) is 23.1 Å². The molecule has 0 atom stereocenters. The van der Waals surface area contributed by atoms with Crippen LogP contribution in [-0.2, 0) is 10.0 Å². The number of aromatic nitrogens is 4. The lowest BCUT2D eigenvalue weighted by Gasteiger charge is -2.10. The van der Waals surface area contributed by atoms with Crippen LogP contribution in [0.3, 0.4) is 0 Å². The average molecular weight is 411 g/mol. The Morgan fingerprint density at radius 2 is 1.76 bits per heavy atom. The van der Waals surface area contributed by atoms with Crippen molar-refractivity contribution >= 4 is 15.7 Å². The maximum atomic E-state index is 13.0. The van der Waals surface area contributed by atoms with Gasteiger partial charge in [0.15, 0.2) is 0 Å². The molecule has 0 bridgehead atoms. The lowest BCUT2D eigenvalue weighted by molar-refractivity contribution is 0.461. The van der Waals surface area contributed by atoms with Gasteiger partial charge in [-0.05, 0) is 48.5 Å². The van der Waals surface area contributed by atoms with E-state index in [1.165, 1.54) is 18.5 Å². The number of rotatable bonds is 6. The zero-order valence-electron chi connectivity index (χ0n) is 14.8. The second-order valence-electron chi connectivity index (χ2n) is 5.87. The first-order chi connectivity index (χ1) is 14.0. The van der Waals surface area contributed by atoms with Crippen LogP contribution >= 0.6 is 0 Å². The maximum absolute atomic E-state index is 13.0. The highest BCUT2D eigenvalue weighted by Gasteiger charge is 2.14. The molecule has 0 spiro atoms. The number of nitrogens with zero attached hydrogens (tertiary/aromatic N) is 4. The van der Waals surface area contributed by atoms with Gasteiger partial charge in [0.2, 0.25) is 5.88 Å². The molecule has 146 valence electrons.